The van der Waals surface area contributed by atoms with Crippen LogP contribution in [0.25, 0.3) is 5.65 Å². The van der Waals surface area contributed by atoms with Crippen LogP contribution in [0.15, 0.2) is 48.8 Å². The summed E-state index contributed by atoms with van der Waals surface area (Å²) in [5, 5.41) is 2.98. The summed E-state index contributed by atoms with van der Waals surface area (Å²) >= 11 is 0. The van der Waals surface area contributed by atoms with Gasteiger partial charge >= 0.3 is 6.03 Å². The lowest BCUT2D eigenvalue weighted by atomic mass is 10.1. The number of nitrogens with one attached hydrogen (secondary N) is 1. The highest BCUT2D eigenvalue weighted by Gasteiger charge is 2.14. The van der Waals surface area contributed by atoms with Gasteiger partial charge in [-0.25, -0.2) is 9.78 Å². The third-order valence-electron chi connectivity index (χ3n) is 4.27. The summed E-state index contributed by atoms with van der Waals surface area (Å²) in [6.45, 7) is 7.21. The van der Waals surface area contributed by atoms with Crippen LogP contribution in [0, 0.1) is 13.8 Å². The highest BCUT2D eigenvalue weighted by atomic mass is 16.2. The average Bonchev–Trinajstić information content (AvgIpc) is 2.99. The number of aryl methyl sites for hydroxylation is 2. The minimum atomic E-state index is -0.105. The molecule has 0 saturated heterocycles. The number of anilines is 1. The predicted octanol–water partition coefficient (Wildman–Crippen LogP) is 4.01. The number of hydrogen-bond donors (Lipinski definition) is 1. The third-order valence-corrected chi connectivity index (χ3v) is 4.27. The number of carbonyl (C=O) groups is 1. The molecule has 0 bridgehead atoms. The molecule has 0 aliphatic heterocycles. The predicted molar refractivity (Wildman–Crippen MR) is 96.2 cm³/mol. The number of fused-ring (bicyclic) bond motifs is 1. The Morgan fingerprint density at radius 2 is 2.04 bits per heavy atom. The molecule has 124 valence electrons. The number of nitrogens with zero attached hydrogens (tertiary/aromatic N) is 3. The minimum Gasteiger partial charge on any atom is -0.319 e. The van der Waals surface area contributed by atoms with Crippen LogP contribution in [0.3, 0.4) is 0 Å². The molecule has 1 aromatic carbocycles. The Bertz CT molecular complexity index is 869. The second-order valence-corrected chi connectivity index (χ2v) is 5.92. The van der Waals surface area contributed by atoms with Crippen molar-refractivity contribution in [3.05, 3.63) is 65.6 Å². The van der Waals surface area contributed by atoms with E-state index in [0.29, 0.717) is 13.1 Å². The lowest BCUT2D eigenvalue weighted by molar-refractivity contribution is 0.211. The van der Waals surface area contributed by atoms with Gasteiger partial charge in [-0.05, 0) is 56.2 Å². The summed E-state index contributed by atoms with van der Waals surface area (Å²) in [5.41, 5.74) is 5.07. The smallest absolute Gasteiger partial charge is 0.319 e. The fourth-order valence-corrected chi connectivity index (χ4v) is 2.65. The zero-order valence-corrected chi connectivity index (χ0v) is 14.3. The second kappa shape index (κ2) is 6.74. The van der Waals surface area contributed by atoms with Crippen LogP contribution in [-0.4, -0.2) is 26.9 Å². The van der Waals surface area contributed by atoms with Crippen molar-refractivity contribution >= 4 is 17.4 Å². The van der Waals surface area contributed by atoms with Crippen LogP contribution in [0.2, 0.25) is 0 Å². The zero-order chi connectivity index (χ0) is 17.1. The molecule has 5 nitrogen and oxygen atoms in total. The molecular formula is C19H22N4O. The van der Waals surface area contributed by atoms with Crippen LogP contribution in [0.4, 0.5) is 10.5 Å². The van der Waals surface area contributed by atoms with Gasteiger partial charge in [-0.3, -0.25) is 0 Å². The Kier molecular flexibility index (Phi) is 4.51. The Balaban J connectivity index is 1.75. The lowest BCUT2D eigenvalue weighted by Crippen LogP contribution is -2.34. The van der Waals surface area contributed by atoms with Gasteiger partial charge in [0.05, 0.1) is 18.4 Å². The van der Waals surface area contributed by atoms with E-state index in [0.717, 1.165) is 22.6 Å². The van der Waals surface area contributed by atoms with Crippen molar-refractivity contribution in [1.29, 1.82) is 0 Å². The molecule has 24 heavy (non-hydrogen) atoms. The van der Waals surface area contributed by atoms with Gasteiger partial charge in [0.1, 0.15) is 5.65 Å². The van der Waals surface area contributed by atoms with Crippen molar-refractivity contribution in [3.63, 3.8) is 0 Å². The van der Waals surface area contributed by atoms with Gasteiger partial charge in [0, 0.05) is 18.4 Å². The Hall–Kier alpha value is -2.82. The molecule has 2 aromatic heterocycles. The number of urea groups is 1. The van der Waals surface area contributed by atoms with Crippen LogP contribution < -0.4 is 5.32 Å². The van der Waals surface area contributed by atoms with Crippen molar-refractivity contribution in [2.24, 2.45) is 0 Å². The van der Waals surface area contributed by atoms with E-state index in [-0.39, 0.29) is 6.03 Å². The molecule has 0 saturated carbocycles. The van der Waals surface area contributed by atoms with E-state index in [9.17, 15) is 4.79 Å². The van der Waals surface area contributed by atoms with Gasteiger partial charge in [-0.1, -0.05) is 12.1 Å². The van der Waals surface area contributed by atoms with Gasteiger partial charge in [0.15, 0.2) is 0 Å². The molecule has 2 amide bonds. The topological polar surface area (TPSA) is 49.6 Å². The van der Waals surface area contributed by atoms with Gasteiger partial charge < -0.3 is 14.6 Å². The monoisotopic (exact) mass is 322 g/mol. The molecule has 3 rings (SSSR count). The maximum absolute atomic E-state index is 12.6. The summed E-state index contributed by atoms with van der Waals surface area (Å²) in [4.78, 5) is 18.7. The first-order valence-electron chi connectivity index (χ1n) is 8.12. The van der Waals surface area contributed by atoms with Crippen molar-refractivity contribution in [1.82, 2.24) is 14.3 Å². The Labute approximate surface area is 141 Å². The first-order valence-corrected chi connectivity index (χ1v) is 8.12. The number of amides is 2. The quantitative estimate of drug-likeness (QED) is 0.789. The van der Waals surface area contributed by atoms with Crippen LogP contribution in [0.1, 0.15) is 23.7 Å². The molecule has 2 heterocycles. The summed E-state index contributed by atoms with van der Waals surface area (Å²) in [7, 11) is 0. The molecule has 0 aliphatic carbocycles. The molecule has 0 unspecified atom stereocenters. The molecule has 0 atom stereocenters. The first kappa shape index (κ1) is 16.1. The molecule has 0 aliphatic rings. The summed E-state index contributed by atoms with van der Waals surface area (Å²) in [5.74, 6) is 0. The standard InChI is InChI=1S/C19H22N4O/c1-4-22(13-17-12-20-18-7-5-6-10-23(17)18)19(24)21-16-9-8-14(2)15(3)11-16/h5-12H,4,13H2,1-3H3,(H,21,24). The number of carbonyl (C=O) groups excluding carboxylic acids is 1. The molecular weight excluding hydrogens is 300 g/mol. The van der Waals surface area contributed by atoms with E-state index in [1.165, 1.54) is 5.56 Å². The average molecular weight is 322 g/mol. The summed E-state index contributed by atoms with van der Waals surface area (Å²) in [6, 6.07) is 11.7. The lowest BCUT2D eigenvalue weighted by Gasteiger charge is -2.21. The number of hydrogen-bond acceptors (Lipinski definition) is 2. The molecule has 5 heteroatoms. The van der Waals surface area contributed by atoms with E-state index in [1.807, 2.05) is 67.0 Å². The van der Waals surface area contributed by atoms with Crippen LogP contribution >= 0.6 is 0 Å². The van der Waals surface area contributed by atoms with Crippen molar-refractivity contribution in [2.75, 3.05) is 11.9 Å². The van der Waals surface area contributed by atoms with E-state index >= 15 is 0 Å². The summed E-state index contributed by atoms with van der Waals surface area (Å²) in [6.07, 6.45) is 3.79. The molecule has 0 fully saturated rings. The minimum absolute atomic E-state index is 0.105. The zero-order valence-electron chi connectivity index (χ0n) is 14.3. The van der Waals surface area contributed by atoms with Gasteiger partial charge in [-0.2, -0.15) is 0 Å². The number of aromatic nitrogens is 2. The number of pyridine rings is 1. The maximum Gasteiger partial charge on any atom is 0.322 e. The van der Waals surface area contributed by atoms with Crippen molar-refractivity contribution in [3.8, 4) is 0 Å². The van der Waals surface area contributed by atoms with E-state index in [4.69, 9.17) is 0 Å². The summed E-state index contributed by atoms with van der Waals surface area (Å²) < 4.78 is 2.01. The second-order valence-electron chi connectivity index (χ2n) is 5.92. The van der Waals surface area contributed by atoms with E-state index < -0.39 is 0 Å². The van der Waals surface area contributed by atoms with Crippen LogP contribution in [0.5, 0.6) is 0 Å². The molecule has 3 aromatic rings. The SMILES string of the molecule is CCN(Cc1cnc2ccccn12)C(=O)Nc1ccc(C)c(C)c1. The molecule has 0 radical (unpaired) electrons. The van der Waals surface area contributed by atoms with Gasteiger partial charge in [-0.15, -0.1) is 0 Å². The third kappa shape index (κ3) is 3.25. The number of imidazole rings is 1. The Morgan fingerprint density at radius 3 is 2.79 bits per heavy atom. The largest absolute Gasteiger partial charge is 0.322 e. The highest BCUT2D eigenvalue weighted by molar-refractivity contribution is 5.89. The molecule has 0 spiro atoms. The van der Waals surface area contributed by atoms with Crippen LogP contribution in [-0.2, 0) is 6.54 Å². The maximum atomic E-state index is 12.6. The fourth-order valence-electron chi connectivity index (χ4n) is 2.65. The van der Waals surface area contributed by atoms with E-state index in [2.05, 4.69) is 17.2 Å². The number of benzene rings is 1. The van der Waals surface area contributed by atoms with Crippen molar-refractivity contribution < 1.29 is 4.79 Å². The first-order chi connectivity index (χ1) is 11.6. The Morgan fingerprint density at radius 1 is 1.21 bits per heavy atom. The van der Waals surface area contributed by atoms with Gasteiger partial charge in [0.2, 0.25) is 0 Å². The molecule has 1 N–H and O–H groups in total. The van der Waals surface area contributed by atoms with Crippen molar-refractivity contribution in [2.45, 2.75) is 27.3 Å². The fraction of sp³-hybridized carbons (Fsp3) is 0.263. The number of rotatable bonds is 4. The van der Waals surface area contributed by atoms with E-state index in [1.54, 1.807) is 4.90 Å². The van der Waals surface area contributed by atoms with Gasteiger partial charge in [0.25, 0.3) is 0 Å². The normalized spacial score (nSPS) is 10.8. The highest BCUT2D eigenvalue weighted by Crippen LogP contribution is 2.16.